The Morgan fingerprint density at radius 3 is 2.20 bits per heavy atom. The zero-order chi connectivity index (χ0) is 28.9. The molecule has 1 aromatic heterocycles. The van der Waals surface area contributed by atoms with Crippen molar-refractivity contribution in [1.29, 1.82) is 0 Å². The number of ketones is 1. The quantitative estimate of drug-likeness (QED) is 0.243. The molecular weight excluding hydrogens is 512 g/mol. The number of hydrogen-bond donors (Lipinski definition) is 2. The third-order valence-corrected chi connectivity index (χ3v) is 8.02. The van der Waals surface area contributed by atoms with Gasteiger partial charge in [0.2, 0.25) is 11.8 Å². The molecule has 212 valence electrons. The summed E-state index contributed by atoms with van der Waals surface area (Å²) in [5, 5.41) is 4.25. The topological polar surface area (TPSA) is 85.5 Å². The molecule has 2 N–H and O–H groups in total. The summed E-state index contributed by atoms with van der Waals surface area (Å²) in [5.74, 6) is -0.456. The van der Waals surface area contributed by atoms with Gasteiger partial charge in [0.1, 0.15) is 6.04 Å². The largest absolute Gasteiger partial charge is 0.378 e. The minimum atomic E-state index is -0.881. The number of anilines is 2. The Hall–Kier alpha value is -4.39. The molecule has 1 aliphatic rings. The molecule has 0 bridgehead atoms. The molecule has 1 aliphatic carbocycles. The van der Waals surface area contributed by atoms with Gasteiger partial charge in [-0.3, -0.25) is 19.3 Å². The van der Waals surface area contributed by atoms with Gasteiger partial charge in [-0.15, -0.1) is 0 Å². The van der Waals surface area contributed by atoms with Crippen LogP contribution in [0, 0.1) is 0 Å². The van der Waals surface area contributed by atoms with E-state index in [0.29, 0.717) is 11.3 Å². The molecule has 2 amide bonds. The van der Waals surface area contributed by atoms with Gasteiger partial charge in [-0.2, -0.15) is 0 Å². The Balaban J connectivity index is 1.58. The van der Waals surface area contributed by atoms with Crippen molar-refractivity contribution in [3.8, 4) is 0 Å². The average molecular weight is 551 g/mol. The first kappa shape index (κ1) is 28.1. The first-order chi connectivity index (χ1) is 19.8. The molecule has 1 fully saturated rings. The van der Waals surface area contributed by atoms with E-state index in [1.165, 1.54) is 13.3 Å². The number of Topliss-reactive ketones (excluding diaryl/α,β-unsaturated/α-hetero) is 1. The van der Waals surface area contributed by atoms with Crippen LogP contribution in [0.3, 0.4) is 0 Å². The van der Waals surface area contributed by atoms with E-state index in [9.17, 15) is 14.4 Å². The first-order valence-electron chi connectivity index (χ1n) is 14.4. The van der Waals surface area contributed by atoms with Crippen LogP contribution in [-0.4, -0.2) is 42.7 Å². The third-order valence-electron chi connectivity index (χ3n) is 8.02. The standard InChI is InChI=1S/C34H38N4O3/c1-23(39)24-13-19-29(20-14-24)38(32(40)21-26-22-35-31-12-8-7-11-30(26)31)33(25-15-17-28(18-16-25)37(2)3)34(41)36-27-9-5-4-6-10-27/h7-8,11-20,22,27,33,35H,4-6,9-10,21H2,1-3H3,(H,36,41)/t33-/m0/s1. The van der Waals surface area contributed by atoms with E-state index >= 15 is 0 Å². The van der Waals surface area contributed by atoms with Gasteiger partial charge >= 0.3 is 0 Å². The summed E-state index contributed by atoms with van der Waals surface area (Å²) in [5.41, 5.74) is 4.68. The Labute approximate surface area is 241 Å². The van der Waals surface area contributed by atoms with Crippen molar-refractivity contribution in [2.45, 2.75) is 57.5 Å². The van der Waals surface area contributed by atoms with Crippen LogP contribution in [0.1, 0.15) is 66.6 Å². The first-order valence-corrected chi connectivity index (χ1v) is 14.4. The third kappa shape index (κ3) is 6.35. The predicted octanol–water partition coefficient (Wildman–Crippen LogP) is 6.20. The summed E-state index contributed by atoms with van der Waals surface area (Å²) in [6, 6.07) is 21.8. The fourth-order valence-electron chi connectivity index (χ4n) is 5.72. The molecule has 1 heterocycles. The fourth-order valence-corrected chi connectivity index (χ4v) is 5.72. The van der Waals surface area contributed by atoms with Crippen molar-refractivity contribution < 1.29 is 14.4 Å². The summed E-state index contributed by atoms with van der Waals surface area (Å²) in [6.07, 6.45) is 7.21. The van der Waals surface area contributed by atoms with Crippen molar-refractivity contribution in [3.05, 3.63) is 95.7 Å². The summed E-state index contributed by atoms with van der Waals surface area (Å²) < 4.78 is 0. The number of carbonyl (C=O) groups excluding carboxylic acids is 3. The molecule has 41 heavy (non-hydrogen) atoms. The molecule has 4 aromatic rings. The van der Waals surface area contributed by atoms with Gasteiger partial charge in [0, 0.05) is 54.2 Å². The number of aromatic amines is 1. The number of nitrogens with one attached hydrogen (secondary N) is 2. The Morgan fingerprint density at radius 1 is 0.878 bits per heavy atom. The maximum Gasteiger partial charge on any atom is 0.248 e. The molecule has 7 nitrogen and oxygen atoms in total. The second-order valence-electron chi connectivity index (χ2n) is 11.1. The van der Waals surface area contributed by atoms with Crippen LogP contribution in [0.25, 0.3) is 10.9 Å². The van der Waals surface area contributed by atoms with Gasteiger partial charge in [0.05, 0.1) is 6.42 Å². The van der Waals surface area contributed by atoms with Crippen LogP contribution in [0.2, 0.25) is 0 Å². The lowest BCUT2D eigenvalue weighted by Crippen LogP contribution is -2.47. The number of para-hydroxylation sites is 1. The molecule has 0 aliphatic heterocycles. The number of H-pyrrole nitrogens is 1. The van der Waals surface area contributed by atoms with Gasteiger partial charge in [0.25, 0.3) is 0 Å². The normalized spacial score (nSPS) is 14.4. The summed E-state index contributed by atoms with van der Waals surface area (Å²) in [6.45, 7) is 1.52. The minimum absolute atomic E-state index is 0.0564. The molecule has 0 unspecified atom stereocenters. The monoisotopic (exact) mass is 550 g/mol. The Kier molecular flexibility index (Phi) is 8.53. The van der Waals surface area contributed by atoms with E-state index in [-0.39, 0.29) is 30.1 Å². The number of amides is 2. The van der Waals surface area contributed by atoms with Crippen molar-refractivity contribution in [2.24, 2.45) is 0 Å². The number of hydrogen-bond acceptors (Lipinski definition) is 4. The smallest absolute Gasteiger partial charge is 0.248 e. The molecule has 0 saturated heterocycles. The van der Waals surface area contributed by atoms with E-state index in [2.05, 4.69) is 10.3 Å². The summed E-state index contributed by atoms with van der Waals surface area (Å²) >= 11 is 0. The van der Waals surface area contributed by atoms with E-state index in [1.54, 1.807) is 29.2 Å². The minimum Gasteiger partial charge on any atom is -0.378 e. The van der Waals surface area contributed by atoms with Gasteiger partial charge < -0.3 is 15.2 Å². The van der Waals surface area contributed by atoms with E-state index in [1.807, 2.05) is 73.7 Å². The Bertz CT molecular complexity index is 1520. The molecule has 1 atom stereocenters. The zero-order valence-electron chi connectivity index (χ0n) is 24.0. The number of aromatic nitrogens is 1. The van der Waals surface area contributed by atoms with Crippen molar-refractivity contribution >= 4 is 39.9 Å². The molecular formula is C34H38N4O3. The maximum atomic E-state index is 14.3. The van der Waals surface area contributed by atoms with Crippen LogP contribution in [0.5, 0.6) is 0 Å². The number of nitrogens with zero attached hydrogens (tertiary/aromatic N) is 2. The Morgan fingerprint density at radius 2 is 1.54 bits per heavy atom. The SMILES string of the molecule is CC(=O)c1ccc(N(C(=O)Cc2c[nH]c3ccccc23)[C@H](C(=O)NC2CCCCC2)c2ccc(N(C)C)cc2)cc1. The second-order valence-corrected chi connectivity index (χ2v) is 11.1. The number of benzene rings is 3. The van der Waals surface area contributed by atoms with Crippen molar-refractivity contribution in [3.63, 3.8) is 0 Å². The van der Waals surface area contributed by atoms with E-state index in [0.717, 1.165) is 53.4 Å². The lowest BCUT2D eigenvalue weighted by atomic mass is 9.94. The maximum absolute atomic E-state index is 14.3. The lowest BCUT2D eigenvalue weighted by Gasteiger charge is -2.34. The number of carbonyl (C=O) groups is 3. The highest BCUT2D eigenvalue weighted by atomic mass is 16.2. The van der Waals surface area contributed by atoms with Gasteiger partial charge in [-0.1, -0.05) is 49.6 Å². The fraction of sp³-hybridized carbons (Fsp3) is 0.324. The summed E-state index contributed by atoms with van der Waals surface area (Å²) in [4.78, 5) is 47.4. The van der Waals surface area contributed by atoms with Crippen LogP contribution in [-0.2, 0) is 16.0 Å². The lowest BCUT2D eigenvalue weighted by molar-refractivity contribution is -0.127. The highest BCUT2D eigenvalue weighted by molar-refractivity contribution is 6.04. The molecule has 0 radical (unpaired) electrons. The zero-order valence-corrected chi connectivity index (χ0v) is 24.0. The van der Waals surface area contributed by atoms with Crippen molar-refractivity contribution in [2.75, 3.05) is 23.9 Å². The molecule has 0 spiro atoms. The van der Waals surface area contributed by atoms with Crippen molar-refractivity contribution in [1.82, 2.24) is 10.3 Å². The number of rotatable bonds is 9. The molecule has 3 aromatic carbocycles. The van der Waals surface area contributed by atoms with Crippen LogP contribution in [0.15, 0.2) is 79.0 Å². The average Bonchev–Trinajstić information content (AvgIpc) is 3.39. The van der Waals surface area contributed by atoms with E-state index < -0.39 is 6.04 Å². The predicted molar refractivity (Wildman–Crippen MR) is 164 cm³/mol. The van der Waals surface area contributed by atoms with Crippen LogP contribution >= 0.6 is 0 Å². The summed E-state index contributed by atoms with van der Waals surface area (Å²) in [7, 11) is 3.94. The van der Waals surface area contributed by atoms with Crippen LogP contribution < -0.4 is 15.1 Å². The molecule has 1 saturated carbocycles. The van der Waals surface area contributed by atoms with Crippen LogP contribution in [0.4, 0.5) is 11.4 Å². The van der Waals surface area contributed by atoms with Gasteiger partial charge in [-0.05, 0) is 73.4 Å². The van der Waals surface area contributed by atoms with Gasteiger partial charge in [-0.25, -0.2) is 0 Å². The van der Waals surface area contributed by atoms with E-state index in [4.69, 9.17) is 0 Å². The second kappa shape index (κ2) is 12.4. The molecule has 7 heteroatoms. The highest BCUT2D eigenvalue weighted by Crippen LogP contribution is 2.32. The molecule has 5 rings (SSSR count). The highest BCUT2D eigenvalue weighted by Gasteiger charge is 2.34. The van der Waals surface area contributed by atoms with Gasteiger partial charge in [0.15, 0.2) is 5.78 Å². The number of fused-ring (bicyclic) bond motifs is 1.